The number of hydrogen-bond acceptors (Lipinski definition) is 3. The molecule has 1 unspecified atom stereocenters. The van der Waals surface area contributed by atoms with Crippen LogP contribution in [-0.4, -0.2) is 5.11 Å². The molecule has 0 aliphatic heterocycles. The van der Waals surface area contributed by atoms with Crippen molar-refractivity contribution >= 4 is 70.5 Å². The van der Waals surface area contributed by atoms with Gasteiger partial charge in [0.25, 0.3) is 0 Å². The average molecular weight is 433 g/mol. The Morgan fingerprint density at radius 2 is 1.80 bits per heavy atom. The molecule has 1 nitrogen and oxygen atoms in total. The largest absolute Gasteiger partial charge is 0.383 e. The second kappa shape index (κ2) is 4.98. The first-order valence-electron chi connectivity index (χ1n) is 3.96. The molecule has 80 valence electrons. The molecule has 2 aromatic rings. The van der Waals surface area contributed by atoms with Gasteiger partial charge < -0.3 is 5.11 Å². The second-order valence-corrected chi connectivity index (χ2v) is 9.07. The third-order valence-electron chi connectivity index (χ3n) is 1.84. The molecule has 0 fully saturated rings. The van der Waals surface area contributed by atoms with Crippen molar-refractivity contribution in [1.29, 1.82) is 0 Å². The molecule has 0 aromatic carbocycles. The highest BCUT2D eigenvalue weighted by atomic mass is 79.9. The SMILES string of the molecule is OC(c1ccc(Br)s1)c1cc(Br)sc1Br. The van der Waals surface area contributed by atoms with E-state index >= 15 is 0 Å². The summed E-state index contributed by atoms with van der Waals surface area (Å²) in [6.45, 7) is 0. The quantitative estimate of drug-likeness (QED) is 0.693. The number of rotatable bonds is 2. The van der Waals surface area contributed by atoms with Gasteiger partial charge in [0.05, 0.1) is 11.4 Å². The Morgan fingerprint density at radius 1 is 1.07 bits per heavy atom. The Kier molecular flexibility index (Phi) is 4.07. The maximum absolute atomic E-state index is 10.1. The predicted molar refractivity (Wildman–Crippen MR) is 75.8 cm³/mol. The molecule has 1 N–H and O–H groups in total. The van der Waals surface area contributed by atoms with E-state index in [0.29, 0.717) is 0 Å². The van der Waals surface area contributed by atoms with Crippen molar-refractivity contribution in [1.82, 2.24) is 0 Å². The first-order valence-corrected chi connectivity index (χ1v) is 7.97. The van der Waals surface area contributed by atoms with Gasteiger partial charge in [-0.15, -0.1) is 22.7 Å². The van der Waals surface area contributed by atoms with E-state index < -0.39 is 6.10 Å². The number of aliphatic hydroxyl groups excluding tert-OH is 1. The van der Waals surface area contributed by atoms with Crippen LogP contribution in [0.2, 0.25) is 0 Å². The van der Waals surface area contributed by atoms with E-state index in [4.69, 9.17) is 0 Å². The van der Waals surface area contributed by atoms with Crippen LogP contribution in [0.25, 0.3) is 0 Å². The summed E-state index contributed by atoms with van der Waals surface area (Å²) in [6.07, 6.45) is -0.557. The van der Waals surface area contributed by atoms with Gasteiger partial charge in [-0.2, -0.15) is 0 Å². The molecular formula is C9H5Br3OS2. The molecule has 2 heterocycles. The molecule has 15 heavy (non-hydrogen) atoms. The van der Waals surface area contributed by atoms with Crippen molar-refractivity contribution in [3.05, 3.63) is 40.0 Å². The molecule has 0 saturated heterocycles. The Labute approximate surface area is 121 Å². The van der Waals surface area contributed by atoms with Crippen LogP contribution in [0.3, 0.4) is 0 Å². The van der Waals surface area contributed by atoms with E-state index in [1.165, 1.54) is 0 Å². The van der Waals surface area contributed by atoms with Gasteiger partial charge in [0, 0.05) is 10.4 Å². The zero-order valence-electron chi connectivity index (χ0n) is 7.21. The topological polar surface area (TPSA) is 20.2 Å². The summed E-state index contributed by atoms with van der Waals surface area (Å²) in [5.74, 6) is 0. The molecule has 0 radical (unpaired) electrons. The molecular weight excluding hydrogens is 428 g/mol. The predicted octanol–water partition coefficient (Wildman–Crippen LogP) is 5.18. The van der Waals surface area contributed by atoms with E-state index in [0.717, 1.165) is 21.8 Å². The number of aliphatic hydroxyl groups is 1. The highest BCUT2D eigenvalue weighted by Crippen LogP contribution is 2.39. The van der Waals surface area contributed by atoms with Crippen LogP contribution in [0, 0.1) is 0 Å². The Hall–Kier alpha value is 0.800. The molecule has 2 aromatic heterocycles. The number of halogens is 3. The molecule has 1 atom stereocenters. The van der Waals surface area contributed by atoms with Crippen LogP contribution in [0.4, 0.5) is 0 Å². The maximum Gasteiger partial charge on any atom is 0.115 e. The molecule has 0 amide bonds. The van der Waals surface area contributed by atoms with Crippen LogP contribution in [0.5, 0.6) is 0 Å². The number of thiophene rings is 2. The summed E-state index contributed by atoms with van der Waals surface area (Å²) in [5, 5.41) is 10.1. The van der Waals surface area contributed by atoms with E-state index in [1.54, 1.807) is 22.7 Å². The average Bonchev–Trinajstić information content (AvgIpc) is 2.71. The molecule has 0 saturated carbocycles. The van der Waals surface area contributed by atoms with Crippen molar-refractivity contribution < 1.29 is 5.11 Å². The first-order chi connectivity index (χ1) is 7.08. The van der Waals surface area contributed by atoms with Gasteiger partial charge in [0.1, 0.15) is 6.10 Å². The summed E-state index contributed by atoms with van der Waals surface area (Å²) in [4.78, 5) is 0.938. The minimum Gasteiger partial charge on any atom is -0.383 e. The van der Waals surface area contributed by atoms with Crippen LogP contribution in [-0.2, 0) is 0 Å². The van der Waals surface area contributed by atoms with Crippen LogP contribution in [0.1, 0.15) is 16.5 Å². The monoisotopic (exact) mass is 430 g/mol. The standard InChI is InChI=1S/C9H5Br3OS2/c10-6-2-1-5(14-6)8(13)4-3-7(11)15-9(4)12/h1-3,8,13H. The van der Waals surface area contributed by atoms with Crippen molar-refractivity contribution in [2.24, 2.45) is 0 Å². The van der Waals surface area contributed by atoms with E-state index in [9.17, 15) is 5.11 Å². The Morgan fingerprint density at radius 3 is 2.27 bits per heavy atom. The minimum absolute atomic E-state index is 0.557. The zero-order chi connectivity index (χ0) is 11.0. The van der Waals surface area contributed by atoms with Crippen molar-refractivity contribution in [3.8, 4) is 0 Å². The molecule has 0 aliphatic carbocycles. The molecule has 2 rings (SSSR count). The van der Waals surface area contributed by atoms with Crippen molar-refractivity contribution in [3.63, 3.8) is 0 Å². The highest BCUT2D eigenvalue weighted by molar-refractivity contribution is 9.12. The second-order valence-electron chi connectivity index (χ2n) is 2.82. The van der Waals surface area contributed by atoms with E-state index in [-0.39, 0.29) is 0 Å². The van der Waals surface area contributed by atoms with Gasteiger partial charge in [-0.1, -0.05) is 0 Å². The summed E-state index contributed by atoms with van der Waals surface area (Å²) < 4.78 is 3.01. The minimum atomic E-state index is -0.557. The summed E-state index contributed by atoms with van der Waals surface area (Å²) in [5.41, 5.74) is 0.904. The third-order valence-corrected chi connectivity index (χ3v) is 5.90. The highest BCUT2D eigenvalue weighted by Gasteiger charge is 2.17. The molecule has 0 spiro atoms. The third kappa shape index (κ3) is 2.73. The smallest absolute Gasteiger partial charge is 0.115 e. The van der Waals surface area contributed by atoms with Crippen LogP contribution in [0.15, 0.2) is 29.6 Å². The fraction of sp³-hybridized carbons (Fsp3) is 0.111. The van der Waals surface area contributed by atoms with Crippen molar-refractivity contribution in [2.75, 3.05) is 0 Å². The van der Waals surface area contributed by atoms with Gasteiger partial charge in [0.2, 0.25) is 0 Å². The Balaban J connectivity index is 2.35. The van der Waals surface area contributed by atoms with Crippen molar-refractivity contribution in [2.45, 2.75) is 6.10 Å². The molecule has 0 bridgehead atoms. The van der Waals surface area contributed by atoms with Crippen LogP contribution >= 0.6 is 70.5 Å². The van der Waals surface area contributed by atoms with E-state index in [2.05, 4.69) is 47.8 Å². The maximum atomic E-state index is 10.1. The fourth-order valence-corrected chi connectivity index (χ4v) is 5.48. The number of hydrogen-bond donors (Lipinski definition) is 1. The lowest BCUT2D eigenvalue weighted by molar-refractivity contribution is 0.224. The summed E-state index contributed by atoms with van der Waals surface area (Å²) >= 11 is 13.3. The molecule has 6 heteroatoms. The fourth-order valence-electron chi connectivity index (χ4n) is 1.17. The zero-order valence-corrected chi connectivity index (χ0v) is 13.6. The van der Waals surface area contributed by atoms with E-state index in [1.807, 2.05) is 18.2 Å². The normalized spacial score (nSPS) is 13.1. The van der Waals surface area contributed by atoms with Gasteiger partial charge in [0.15, 0.2) is 0 Å². The Bertz CT molecular complexity index is 477. The van der Waals surface area contributed by atoms with Gasteiger partial charge >= 0.3 is 0 Å². The lowest BCUT2D eigenvalue weighted by Gasteiger charge is -2.06. The molecule has 0 aliphatic rings. The first kappa shape index (κ1) is 12.3. The van der Waals surface area contributed by atoms with Gasteiger partial charge in [-0.25, -0.2) is 0 Å². The van der Waals surface area contributed by atoms with Gasteiger partial charge in [-0.05, 0) is 66.0 Å². The lowest BCUT2D eigenvalue weighted by atomic mass is 10.2. The summed E-state index contributed by atoms with van der Waals surface area (Å²) in [7, 11) is 0. The van der Waals surface area contributed by atoms with Gasteiger partial charge in [-0.3, -0.25) is 0 Å². The summed E-state index contributed by atoms with van der Waals surface area (Å²) in [6, 6.07) is 5.81. The lowest BCUT2D eigenvalue weighted by Crippen LogP contribution is -1.95. The van der Waals surface area contributed by atoms with Crippen LogP contribution < -0.4 is 0 Å².